The fraction of sp³-hybridized carbons (Fsp3) is 0.0667. The van der Waals surface area contributed by atoms with Crippen molar-refractivity contribution in [2.75, 3.05) is 5.32 Å². The van der Waals surface area contributed by atoms with Crippen LogP contribution in [0.2, 0.25) is 5.22 Å². The highest BCUT2D eigenvalue weighted by Crippen LogP contribution is 2.22. The molecule has 5 nitrogen and oxygen atoms in total. The van der Waals surface area contributed by atoms with Gasteiger partial charge in [0.2, 0.25) is 5.22 Å². The number of amides is 1. The third kappa shape index (κ3) is 3.73. The third-order valence-corrected chi connectivity index (χ3v) is 3.08. The quantitative estimate of drug-likeness (QED) is 0.846. The van der Waals surface area contributed by atoms with Crippen LogP contribution in [0, 0.1) is 6.92 Å². The molecule has 21 heavy (non-hydrogen) atoms. The number of nitrogens with one attached hydrogen (secondary N) is 1. The summed E-state index contributed by atoms with van der Waals surface area (Å²) in [5.41, 5.74) is 2.32. The molecule has 0 atom stereocenters. The zero-order valence-corrected chi connectivity index (χ0v) is 11.8. The Balaban J connectivity index is 2.23. The molecule has 2 rings (SSSR count). The van der Waals surface area contributed by atoms with Gasteiger partial charge in [-0.05, 0) is 47.9 Å². The average Bonchev–Trinajstić information content (AvgIpc) is 2.86. The maximum atomic E-state index is 12.1. The highest BCUT2D eigenvalue weighted by Gasteiger charge is 2.14. The molecule has 0 saturated carbocycles. The zero-order chi connectivity index (χ0) is 15.4. The number of hydrogen-bond donors (Lipinski definition) is 2. The van der Waals surface area contributed by atoms with Crippen molar-refractivity contribution in [1.82, 2.24) is 0 Å². The van der Waals surface area contributed by atoms with Crippen molar-refractivity contribution in [2.24, 2.45) is 0 Å². The first-order valence-electron chi connectivity index (χ1n) is 6.03. The van der Waals surface area contributed by atoms with Crippen LogP contribution < -0.4 is 5.32 Å². The molecule has 0 fully saturated rings. The number of benzene rings is 1. The molecule has 0 aliphatic heterocycles. The minimum atomic E-state index is -1.04. The number of carbonyl (C=O) groups is 2. The topological polar surface area (TPSA) is 79.5 Å². The van der Waals surface area contributed by atoms with Gasteiger partial charge < -0.3 is 14.8 Å². The Bertz CT molecular complexity index is 718. The number of carbonyl (C=O) groups excluding carboxylic acids is 1. The van der Waals surface area contributed by atoms with Gasteiger partial charge in [0.1, 0.15) is 0 Å². The van der Waals surface area contributed by atoms with Crippen molar-refractivity contribution < 1.29 is 19.1 Å². The van der Waals surface area contributed by atoms with Crippen LogP contribution in [0.25, 0.3) is 6.08 Å². The number of aryl methyl sites for hydroxylation is 1. The largest absolute Gasteiger partial charge is 0.478 e. The first-order valence-corrected chi connectivity index (χ1v) is 6.41. The van der Waals surface area contributed by atoms with Crippen LogP contribution in [0.1, 0.15) is 21.5 Å². The molecule has 0 unspecified atom stereocenters. The molecule has 2 N–H and O–H groups in total. The number of rotatable bonds is 4. The van der Waals surface area contributed by atoms with Crippen LogP contribution in [0.3, 0.4) is 0 Å². The van der Waals surface area contributed by atoms with Gasteiger partial charge in [-0.1, -0.05) is 12.1 Å². The molecular formula is C15H12ClNO4. The summed E-state index contributed by atoms with van der Waals surface area (Å²) in [6.45, 7) is 1.83. The summed E-state index contributed by atoms with van der Waals surface area (Å²) in [6, 6.07) is 6.70. The number of carboxylic acids is 1. The number of carboxylic acid groups (broad SMARTS) is 1. The highest BCUT2D eigenvalue weighted by molar-refractivity contribution is 6.32. The normalized spacial score (nSPS) is 10.8. The van der Waals surface area contributed by atoms with E-state index < -0.39 is 11.9 Å². The smallest absolute Gasteiger partial charge is 0.328 e. The molecule has 6 heteroatoms. The first-order chi connectivity index (χ1) is 9.97. The predicted molar refractivity (Wildman–Crippen MR) is 79.5 cm³/mol. The average molecular weight is 306 g/mol. The van der Waals surface area contributed by atoms with Gasteiger partial charge >= 0.3 is 5.97 Å². The molecule has 0 bridgehead atoms. The van der Waals surface area contributed by atoms with E-state index in [2.05, 4.69) is 5.32 Å². The Morgan fingerprint density at radius 3 is 2.71 bits per heavy atom. The summed E-state index contributed by atoms with van der Waals surface area (Å²) in [4.78, 5) is 22.6. The minimum absolute atomic E-state index is 0.0204. The van der Waals surface area contributed by atoms with Gasteiger partial charge in [0.15, 0.2) is 0 Å². The van der Waals surface area contributed by atoms with Crippen molar-refractivity contribution >= 4 is 35.2 Å². The van der Waals surface area contributed by atoms with E-state index in [1.165, 1.54) is 18.4 Å². The second kappa shape index (κ2) is 6.28. The maximum Gasteiger partial charge on any atom is 0.328 e. The summed E-state index contributed by atoms with van der Waals surface area (Å²) in [6.07, 6.45) is 3.81. The van der Waals surface area contributed by atoms with E-state index in [1.807, 2.05) is 6.92 Å². The van der Waals surface area contributed by atoms with E-state index in [4.69, 9.17) is 21.1 Å². The van der Waals surface area contributed by atoms with Crippen molar-refractivity contribution in [2.45, 2.75) is 6.92 Å². The number of anilines is 1. The van der Waals surface area contributed by atoms with E-state index in [1.54, 1.807) is 18.2 Å². The summed E-state index contributed by atoms with van der Waals surface area (Å²) < 4.78 is 4.87. The lowest BCUT2D eigenvalue weighted by molar-refractivity contribution is -0.131. The molecule has 2 aromatic rings. The van der Waals surface area contributed by atoms with Gasteiger partial charge in [0.25, 0.3) is 5.91 Å². The van der Waals surface area contributed by atoms with E-state index in [0.717, 1.165) is 11.6 Å². The van der Waals surface area contributed by atoms with Crippen LogP contribution >= 0.6 is 11.6 Å². The van der Waals surface area contributed by atoms with Gasteiger partial charge in [-0.15, -0.1) is 0 Å². The summed E-state index contributed by atoms with van der Waals surface area (Å²) in [5, 5.41) is 11.4. The fourth-order valence-electron chi connectivity index (χ4n) is 1.69. The molecule has 0 saturated heterocycles. The molecule has 1 aromatic carbocycles. The monoisotopic (exact) mass is 305 g/mol. The minimum Gasteiger partial charge on any atom is -0.478 e. The Morgan fingerprint density at radius 2 is 2.10 bits per heavy atom. The number of halogens is 1. The Kier molecular flexibility index (Phi) is 4.45. The van der Waals surface area contributed by atoms with Gasteiger partial charge in [-0.2, -0.15) is 0 Å². The predicted octanol–water partition coefficient (Wildman–Crippen LogP) is 3.59. The van der Waals surface area contributed by atoms with Crippen molar-refractivity contribution in [1.29, 1.82) is 0 Å². The summed E-state index contributed by atoms with van der Waals surface area (Å²) in [5.74, 6) is -1.43. The van der Waals surface area contributed by atoms with Gasteiger partial charge in [-0.25, -0.2) is 4.79 Å². The lowest BCUT2D eigenvalue weighted by Gasteiger charge is -2.08. The van der Waals surface area contributed by atoms with Crippen LogP contribution in [0.15, 0.2) is 41.0 Å². The Labute approximate surface area is 125 Å². The van der Waals surface area contributed by atoms with E-state index in [-0.39, 0.29) is 10.8 Å². The second-order valence-corrected chi connectivity index (χ2v) is 4.65. The highest BCUT2D eigenvalue weighted by atomic mass is 35.5. The van der Waals surface area contributed by atoms with Crippen LogP contribution in [0.5, 0.6) is 0 Å². The number of aliphatic carboxylic acids is 1. The molecule has 108 valence electrons. The van der Waals surface area contributed by atoms with Gasteiger partial charge in [0.05, 0.1) is 11.8 Å². The molecule has 0 radical (unpaired) electrons. The summed E-state index contributed by atoms with van der Waals surface area (Å²) in [7, 11) is 0. The SMILES string of the molecule is Cc1ccc(/C=C/C(=O)O)cc1NC(=O)c1ccoc1Cl. The van der Waals surface area contributed by atoms with Crippen molar-refractivity contribution in [3.8, 4) is 0 Å². The molecule has 0 aliphatic carbocycles. The lowest BCUT2D eigenvalue weighted by Crippen LogP contribution is -2.12. The van der Waals surface area contributed by atoms with Crippen molar-refractivity contribution in [3.63, 3.8) is 0 Å². The Hall–Kier alpha value is -2.53. The first kappa shape index (κ1) is 14.9. The molecular weight excluding hydrogens is 294 g/mol. The molecule has 0 spiro atoms. The zero-order valence-electron chi connectivity index (χ0n) is 11.1. The van der Waals surface area contributed by atoms with E-state index in [0.29, 0.717) is 11.3 Å². The molecule has 1 heterocycles. The van der Waals surface area contributed by atoms with Gasteiger partial charge in [0, 0.05) is 11.8 Å². The van der Waals surface area contributed by atoms with E-state index >= 15 is 0 Å². The summed E-state index contributed by atoms with van der Waals surface area (Å²) >= 11 is 5.75. The van der Waals surface area contributed by atoms with Gasteiger partial charge in [-0.3, -0.25) is 4.79 Å². The maximum absolute atomic E-state index is 12.1. The molecule has 0 aliphatic rings. The van der Waals surface area contributed by atoms with E-state index in [9.17, 15) is 9.59 Å². The van der Waals surface area contributed by atoms with Crippen LogP contribution in [-0.4, -0.2) is 17.0 Å². The number of furan rings is 1. The van der Waals surface area contributed by atoms with Crippen LogP contribution in [-0.2, 0) is 4.79 Å². The molecule has 1 aromatic heterocycles. The third-order valence-electron chi connectivity index (χ3n) is 2.79. The second-order valence-electron chi connectivity index (χ2n) is 4.31. The van der Waals surface area contributed by atoms with Crippen LogP contribution in [0.4, 0.5) is 5.69 Å². The fourth-order valence-corrected chi connectivity index (χ4v) is 1.89. The lowest BCUT2D eigenvalue weighted by atomic mass is 10.1. The Morgan fingerprint density at radius 1 is 1.33 bits per heavy atom. The standard InChI is InChI=1S/C15H12ClNO4/c1-9-2-3-10(4-5-13(18)19)8-12(9)17-15(20)11-6-7-21-14(11)16/h2-8H,1H3,(H,17,20)(H,18,19)/b5-4+. The molecule has 1 amide bonds. The number of hydrogen-bond acceptors (Lipinski definition) is 3. The van der Waals surface area contributed by atoms with Crippen molar-refractivity contribution in [3.05, 3.63) is 58.5 Å².